The van der Waals surface area contributed by atoms with E-state index >= 15 is 0 Å². The summed E-state index contributed by atoms with van der Waals surface area (Å²) in [5.41, 5.74) is 2.32. The second kappa shape index (κ2) is 9.52. The van der Waals surface area contributed by atoms with Crippen LogP contribution in [0.4, 0.5) is 15.8 Å². The van der Waals surface area contributed by atoms with Gasteiger partial charge >= 0.3 is 0 Å². The lowest BCUT2D eigenvalue weighted by atomic mass is 10.2. The van der Waals surface area contributed by atoms with Gasteiger partial charge in [-0.2, -0.15) is 5.26 Å². The molecule has 1 amide bonds. The maximum absolute atomic E-state index is 13.1. The van der Waals surface area contributed by atoms with E-state index in [-0.39, 0.29) is 17.3 Å². The van der Waals surface area contributed by atoms with E-state index < -0.39 is 0 Å². The summed E-state index contributed by atoms with van der Waals surface area (Å²) in [5, 5.41) is 9.59. The molecule has 2 heterocycles. The minimum atomic E-state index is -0.258. The molecule has 0 radical (unpaired) electrons. The maximum atomic E-state index is 13.1. The highest BCUT2D eigenvalue weighted by Crippen LogP contribution is 2.19. The lowest BCUT2D eigenvalue weighted by molar-refractivity contribution is -0.127. The Hall–Kier alpha value is -3.53. The van der Waals surface area contributed by atoms with Crippen LogP contribution in [0.3, 0.4) is 0 Å². The Morgan fingerprint density at radius 2 is 1.35 bits per heavy atom. The first-order valence-electron chi connectivity index (χ1n) is 10.6. The van der Waals surface area contributed by atoms with Gasteiger partial charge in [-0.1, -0.05) is 18.2 Å². The minimum Gasteiger partial charge on any atom is -0.373 e. The second-order valence-electron chi connectivity index (χ2n) is 7.77. The molecule has 160 valence electrons. The first-order chi connectivity index (χ1) is 15.1. The molecule has 0 N–H and O–H groups in total. The van der Waals surface area contributed by atoms with E-state index in [0.29, 0.717) is 26.2 Å². The van der Waals surface area contributed by atoms with Gasteiger partial charge in [-0.15, -0.1) is 0 Å². The summed E-state index contributed by atoms with van der Waals surface area (Å²) in [6.45, 7) is 5.64. The van der Waals surface area contributed by atoms with Gasteiger partial charge in [-0.05, 0) is 36.4 Å². The van der Waals surface area contributed by atoms with Crippen LogP contribution in [-0.2, 0) is 4.79 Å². The van der Waals surface area contributed by atoms with Crippen molar-refractivity contribution < 1.29 is 9.18 Å². The number of para-hydroxylation sites is 1. The standard InChI is InChI=1S/C24H26FN5O/c25-21-6-8-23(9-7-21)29-14-16-30(17-15-29)24(31)20(18-26)19-27-10-12-28(13-11-27)22-4-2-1-3-5-22/h1-9,19H,10-17H2/b20-19-. The predicted molar refractivity (Wildman–Crippen MR) is 119 cm³/mol. The van der Waals surface area contributed by atoms with Gasteiger partial charge in [0.2, 0.25) is 0 Å². The molecule has 0 bridgehead atoms. The fraction of sp³-hybridized carbons (Fsp3) is 0.333. The molecule has 2 aliphatic rings. The second-order valence-corrected chi connectivity index (χ2v) is 7.77. The molecule has 0 atom stereocenters. The van der Waals surface area contributed by atoms with E-state index in [9.17, 15) is 14.4 Å². The topological polar surface area (TPSA) is 53.8 Å². The van der Waals surface area contributed by atoms with Crippen LogP contribution in [0.25, 0.3) is 0 Å². The number of amides is 1. The number of hydrogen-bond acceptors (Lipinski definition) is 5. The first-order valence-corrected chi connectivity index (χ1v) is 10.6. The molecule has 2 aromatic rings. The van der Waals surface area contributed by atoms with Gasteiger partial charge in [-0.25, -0.2) is 4.39 Å². The third kappa shape index (κ3) is 4.97. The van der Waals surface area contributed by atoms with E-state index in [2.05, 4.69) is 32.9 Å². The van der Waals surface area contributed by atoms with Crippen LogP contribution in [0, 0.1) is 17.1 Å². The Kier molecular flexibility index (Phi) is 6.37. The highest BCUT2D eigenvalue weighted by Gasteiger charge is 2.25. The molecule has 2 fully saturated rings. The fourth-order valence-electron chi connectivity index (χ4n) is 4.05. The lowest BCUT2D eigenvalue weighted by Gasteiger charge is -2.37. The van der Waals surface area contributed by atoms with Crippen LogP contribution in [0.1, 0.15) is 0 Å². The molecular weight excluding hydrogens is 393 g/mol. The van der Waals surface area contributed by atoms with Gasteiger partial charge in [0.25, 0.3) is 5.91 Å². The van der Waals surface area contributed by atoms with Crippen molar-refractivity contribution in [1.82, 2.24) is 9.80 Å². The Morgan fingerprint density at radius 1 is 0.806 bits per heavy atom. The van der Waals surface area contributed by atoms with Crippen molar-refractivity contribution in [2.24, 2.45) is 0 Å². The van der Waals surface area contributed by atoms with Crippen LogP contribution in [0.15, 0.2) is 66.4 Å². The van der Waals surface area contributed by atoms with Crippen molar-refractivity contribution in [2.45, 2.75) is 0 Å². The molecule has 0 aromatic heterocycles. The average Bonchev–Trinajstić information content (AvgIpc) is 2.84. The molecule has 0 aliphatic carbocycles. The number of halogens is 1. The quantitative estimate of drug-likeness (QED) is 0.564. The Balaban J connectivity index is 1.32. The van der Waals surface area contributed by atoms with Crippen molar-refractivity contribution in [3.05, 3.63) is 72.2 Å². The van der Waals surface area contributed by atoms with Crippen LogP contribution in [0.5, 0.6) is 0 Å². The molecule has 31 heavy (non-hydrogen) atoms. The number of rotatable bonds is 4. The summed E-state index contributed by atoms with van der Waals surface area (Å²) in [4.78, 5) is 21.1. The van der Waals surface area contributed by atoms with Crippen molar-refractivity contribution in [2.75, 3.05) is 62.2 Å². The first kappa shape index (κ1) is 20.7. The monoisotopic (exact) mass is 419 g/mol. The Labute approximate surface area is 182 Å². The maximum Gasteiger partial charge on any atom is 0.266 e. The summed E-state index contributed by atoms with van der Waals surface area (Å²) < 4.78 is 13.1. The molecule has 6 nitrogen and oxygen atoms in total. The molecule has 7 heteroatoms. The van der Waals surface area contributed by atoms with Crippen LogP contribution < -0.4 is 9.80 Å². The number of carbonyl (C=O) groups excluding carboxylic acids is 1. The number of carbonyl (C=O) groups is 1. The number of benzene rings is 2. The highest BCUT2D eigenvalue weighted by molar-refractivity contribution is 5.97. The van der Waals surface area contributed by atoms with Crippen molar-refractivity contribution in [3.8, 4) is 6.07 Å². The number of nitriles is 1. The molecule has 0 spiro atoms. The highest BCUT2D eigenvalue weighted by atomic mass is 19.1. The third-order valence-corrected chi connectivity index (χ3v) is 5.86. The van der Waals surface area contributed by atoms with E-state index in [1.807, 2.05) is 18.2 Å². The normalized spacial score (nSPS) is 17.5. The van der Waals surface area contributed by atoms with Gasteiger partial charge in [0.05, 0.1) is 0 Å². The van der Waals surface area contributed by atoms with E-state index in [0.717, 1.165) is 31.9 Å². The number of hydrogen-bond donors (Lipinski definition) is 0. The summed E-state index contributed by atoms with van der Waals surface area (Å²) in [6.07, 6.45) is 1.72. The molecule has 0 unspecified atom stereocenters. The Morgan fingerprint density at radius 3 is 1.94 bits per heavy atom. The van der Waals surface area contributed by atoms with Crippen molar-refractivity contribution >= 4 is 17.3 Å². The number of anilines is 2. The van der Waals surface area contributed by atoms with Crippen LogP contribution in [-0.4, -0.2) is 68.1 Å². The average molecular weight is 420 g/mol. The summed E-state index contributed by atoms with van der Waals surface area (Å²) in [6, 6.07) is 18.8. The zero-order valence-corrected chi connectivity index (χ0v) is 17.5. The molecule has 2 saturated heterocycles. The van der Waals surface area contributed by atoms with Crippen molar-refractivity contribution in [1.29, 1.82) is 5.26 Å². The van der Waals surface area contributed by atoms with E-state index in [4.69, 9.17) is 0 Å². The zero-order valence-electron chi connectivity index (χ0n) is 17.5. The fourth-order valence-corrected chi connectivity index (χ4v) is 4.05. The minimum absolute atomic E-state index is 0.184. The lowest BCUT2D eigenvalue weighted by Crippen LogP contribution is -2.49. The smallest absolute Gasteiger partial charge is 0.266 e. The van der Waals surface area contributed by atoms with Gasteiger partial charge in [0, 0.05) is 69.9 Å². The van der Waals surface area contributed by atoms with Crippen LogP contribution >= 0.6 is 0 Å². The van der Waals surface area contributed by atoms with Crippen molar-refractivity contribution in [3.63, 3.8) is 0 Å². The van der Waals surface area contributed by atoms with E-state index in [1.54, 1.807) is 23.2 Å². The predicted octanol–water partition coefficient (Wildman–Crippen LogP) is 2.70. The van der Waals surface area contributed by atoms with Gasteiger partial charge in [0.1, 0.15) is 17.5 Å². The Bertz CT molecular complexity index is 954. The third-order valence-electron chi connectivity index (χ3n) is 5.86. The van der Waals surface area contributed by atoms with Crippen LogP contribution in [0.2, 0.25) is 0 Å². The van der Waals surface area contributed by atoms with Gasteiger partial charge < -0.3 is 19.6 Å². The molecule has 2 aromatic carbocycles. The molecule has 4 rings (SSSR count). The largest absolute Gasteiger partial charge is 0.373 e. The zero-order chi connectivity index (χ0) is 21.6. The van der Waals surface area contributed by atoms with E-state index in [1.165, 1.54) is 17.8 Å². The molecular formula is C24H26FN5O. The molecule has 0 saturated carbocycles. The molecule has 2 aliphatic heterocycles. The number of nitrogens with zero attached hydrogens (tertiary/aromatic N) is 5. The SMILES string of the molecule is N#C/C(=C/N1CCN(c2ccccc2)CC1)C(=O)N1CCN(c2ccc(F)cc2)CC1. The van der Waals surface area contributed by atoms with Gasteiger partial charge in [0.15, 0.2) is 0 Å². The summed E-state index contributed by atoms with van der Waals surface area (Å²) in [7, 11) is 0. The number of piperazine rings is 2. The summed E-state index contributed by atoms with van der Waals surface area (Å²) >= 11 is 0. The summed E-state index contributed by atoms with van der Waals surface area (Å²) in [5.74, 6) is -0.474. The van der Waals surface area contributed by atoms with Gasteiger partial charge in [-0.3, -0.25) is 4.79 Å².